The van der Waals surface area contributed by atoms with E-state index in [1.165, 1.54) is 6.92 Å². The van der Waals surface area contributed by atoms with Crippen LogP contribution in [0.5, 0.6) is 23.0 Å². The Morgan fingerprint density at radius 3 is 1.86 bits per heavy atom. The standard InChI is InChI=1S/C24H29Cl2N3O6/c1-6-32-17-12-10-15(19(25)22(17)34-8-3)27-24(31)21(14(5)30)29-28-16-11-13-18(33-7-2)23(20(16)26)35-9-4/h10-13,21H,6-9H2,1-5H3,(H,27,31). The molecule has 0 aromatic heterocycles. The van der Waals surface area contributed by atoms with E-state index in [0.717, 1.165) is 0 Å². The van der Waals surface area contributed by atoms with Crippen molar-refractivity contribution < 1.29 is 28.5 Å². The molecule has 11 heteroatoms. The highest BCUT2D eigenvalue weighted by Gasteiger charge is 2.26. The lowest BCUT2D eigenvalue weighted by Gasteiger charge is -2.16. The Balaban J connectivity index is 2.33. The minimum absolute atomic E-state index is 0.140. The van der Waals surface area contributed by atoms with Gasteiger partial charge in [-0.25, -0.2) is 0 Å². The molecule has 1 amide bonds. The Morgan fingerprint density at radius 1 is 0.829 bits per heavy atom. The van der Waals surface area contributed by atoms with Crippen LogP contribution in [0.1, 0.15) is 34.6 Å². The number of amides is 1. The van der Waals surface area contributed by atoms with E-state index in [1.54, 1.807) is 38.1 Å². The summed E-state index contributed by atoms with van der Waals surface area (Å²) in [6.07, 6.45) is 0. The zero-order chi connectivity index (χ0) is 26.0. The molecule has 0 aliphatic carbocycles. The first-order valence-corrected chi connectivity index (χ1v) is 11.9. The van der Waals surface area contributed by atoms with Gasteiger partial charge in [-0.2, -0.15) is 10.2 Å². The molecule has 0 heterocycles. The number of anilines is 1. The molecule has 0 fully saturated rings. The summed E-state index contributed by atoms with van der Waals surface area (Å²) < 4.78 is 22.2. The molecule has 35 heavy (non-hydrogen) atoms. The Hall–Kier alpha value is -3.04. The van der Waals surface area contributed by atoms with Crippen LogP contribution in [0.2, 0.25) is 10.0 Å². The monoisotopic (exact) mass is 525 g/mol. The van der Waals surface area contributed by atoms with E-state index in [2.05, 4.69) is 15.5 Å². The fourth-order valence-corrected chi connectivity index (χ4v) is 3.48. The second kappa shape index (κ2) is 13.7. The highest BCUT2D eigenvalue weighted by molar-refractivity contribution is 6.36. The SMILES string of the molecule is CCOc1ccc(N=NC(C(C)=O)C(=O)Nc2ccc(OCC)c(OCC)c2Cl)c(Cl)c1OCC. The Morgan fingerprint density at radius 2 is 1.34 bits per heavy atom. The van der Waals surface area contributed by atoms with Crippen molar-refractivity contribution in [3.8, 4) is 23.0 Å². The van der Waals surface area contributed by atoms with Crippen molar-refractivity contribution in [3.05, 3.63) is 34.3 Å². The third-order valence-corrected chi connectivity index (χ3v) is 5.19. The molecular formula is C24H29Cl2N3O6. The molecule has 1 N–H and O–H groups in total. The number of hydrogen-bond acceptors (Lipinski definition) is 8. The summed E-state index contributed by atoms with van der Waals surface area (Å²) in [7, 11) is 0. The molecule has 0 aliphatic rings. The van der Waals surface area contributed by atoms with Crippen LogP contribution in [0, 0.1) is 0 Å². The summed E-state index contributed by atoms with van der Waals surface area (Å²) in [5, 5.41) is 10.9. The third kappa shape index (κ3) is 7.22. The molecule has 0 radical (unpaired) electrons. The van der Waals surface area contributed by atoms with Gasteiger partial charge in [-0.1, -0.05) is 23.2 Å². The van der Waals surface area contributed by atoms with Crippen LogP contribution in [-0.2, 0) is 9.59 Å². The van der Waals surface area contributed by atoms with Crippen molar-refractivity contribution in [1.82, 2.24) is 0 Å². The minimum atomic E-state index is -1.44. The molecule has 0 bridgehead atoms. The number of Topliss-reactive ketones (excluding diaryl/α,β-unsaturated/α-hetero) is 1. The van der Waals surface area contributed by atoms with Crippen molar-refractivity contribution in [3.63, 3.8) is 0 Å². The van der Waals surface area contributed by atoms with Crippen molar-refractivity contribution in [2.75, 3.05) is 31.7 Å². The van der Waals surface area contributed by atoms with Crippen LogP contribution in [-0.4, -0.2) is 44.2 Å². The second-order valence-corrected chi connectivity index (χ2v) is 7.69. The summed E-state index contributed by atoms with van der Waals surface area (Å²) in [6, 6.07) is 4.93. The molecule has 9 nitrogen and oxygen atoms in total. The Labute approximate surface area is 214 Å². The van der Waals surface area contributed by atoms with Crippen LogP contribution >= 0.6 is 23.2 Å². The molecule has 0 spiro atoms. The van der Waals surface area contributed by atoms with Crippen molar-refractivity contribution in [1.29, 1.82) is 0 Å². The second-order valence-electron chi connectivity index (χ2n) is 6.93. The van der Waals surface area contributed by atoms with E-state index in [0.29, 0.717) is 49.4 Å². The van der Waals surface area contributed by atoms with Crippen LogP contribution in [0.4, 0.5) is 11.4 Å². The summed E-state index contributed by atoms with van der Waals surface area (Å²) in [5.41, 5.74) is 0.457. The zero-order valence-corrected chi connectivity index (χ0v) is 21.8. The van der Waals surface area contributed by atoms with Crippen LogP contribution in [0.3, 0.4) is 0 Å². The van der Waals surface area contributed by atoms with Crippen molar-refractivity contribution >= 4 is 46.3 Å². The van der Waals surface area contributed by atoms with Gasteiger partial charge in [0.1, 0.15) is 15.7 Å². The van der Waals surface area contributed by atoms with Gasteiger partial charge in [0.25, 0.3) is 5.91 Å². The fraction of sp³-hybridized carbons (Fsp3) is 0.417. The number of carbonyl (C=O) groups excluding carboxylic acids is 2. The number of hydrogen-bond donors (Lipinski definition) is 1. The Bertz CT molecular complexity index is 1080. The number of carbonyl (C=O) groups is 2. The largest absolute Gasteiger partial charge is 0.490 e. The van der Waals surface area contributed by atoms with E-state index < -0.39 is 17.7 Å². The van der Waals surface area contributed by atoms with Gasteiger partial charge in [-0.15, -0.1) is 0 Å². The summed E-state index contributed by atoms with van der Waals surface area (Å²) in [6.45, 7) is 10.0. The van der Waals surface area contributed by atoms with Gasteiger partial charge >= 0.3 is 0 Å². The lowest BCUT2D eigenvalue weighted by Crippen LogP contribution is -2.32. The molecule has 2 rings (SSSR count). The molecular weight excluding hydrogens is 497 g/mol. The molecule has 2 aromatic rings. The molecule has 1 atom stereocenters. The van der Waals surface area contributed by atoms with Gasteiger partial charge in [-0.05, 0) is 58.9 Å². The van der Waals surface area contributed by atoms with E-state index >= 15 is 0 Å². The highest BCUT2D eigenvalue weighted by atomic mass is 35.5. The summed E-state index contributed by atoms with van der Waals surface area (Å²) in [5.74, 6) is 0.248. The van der Waals surface area contributed by atoms with E-state index in [-0.39, 0.29) is 21.4 Å². The van der Waals surface area contributed by atoms with Crippen molar-refractivity contribution in [2.45, 2.75) is 40.7 Å². The number of benzene rings is 2. The molecule has 190 valence electrons. The molecule has 2 aromatic carbocycles. The number of ether oxygens (including phenoxy) is 4. The van der Waals surface area contributed by atoms with Gasteiger partial charge in [0, 0.05) is 0 Å². The first kappa shape index (κ1) is 28.2. The number of ketones is 1. The molecule has 1 unspecified atom stereocenters. The molecule has 0 aliphatic heterocycles. The maximum Gasteiger partial charge on any atom is 0.258 e. The third-order valence-electron chi connectivity index (χ3n) is 4.45. The normalized spacial score (nSPS) is 11.7. The van der Waals surface area contributed by atoms with E-state index in [4.69, 9.17) is 42.1 Å². The number of azo groups is 1. The van der Waals surface area contributed by atoms with Crippen molar-refractivity contribution in [2.24, 2.45) is 10.2 Å². The predicted octanol–water partition coefficient (Wildman–Crippen LogP) is 6.27. The van der Waals surface area contributed by atoms with Gasteiger partial charge in [0.15, 0.2) is 28.8 Å². The van der Waals surface area contributed by atoms with Gasteiger partial charge in [-0.3, -0.25) is 9.59 Å². The lowest BCUT2D eigenvalue weighted by atomic mass is 10.2. The first-order chi connectivity index (χ1) is 16.8. The average molecular weight is 526 g/mol. The van der Waals surface area contributed by atoms with Gasteiger partial charge in [0.2, 0.25) is 6.04 Å². The first-order valence-electron chi connectivity index (χ1n) is 11.2. The topological polar surface area (TPSA) is 108 Å². The van der Waals surface area contributed by atoms with Gasteiger partial charge < -0.3 is 24.3 Å². The summed E-state index contributed by atoms with van der Waals surface area (Å²) in [4.78, 5) is 25.1. The summed E-state index contributed by atoms with van der Waals surface area (Å²) >= 11 is 12.9. The van der Waals surface area contributed by atoms with Crippen LogP contribution < -0.4 is 24.3 Å². The fourth-order valence-electron chi connectivity index (χ4n) is 2.98. The zero-order valence-electron chi connectivity index (χ0n) is 20.3. The number of rotatable bonds is 13. The smallest absolute Gasteiger partial charge is 0.258 e. The predicted molar refractivity (Wildman–Crippen MR) is 135 cm³/mol. The van der Waals surface area contributed by atoms with E-state index in [9.17, 15) is 9.59 Å². The molecule has 0 saturated heterocycles. The van der Waals surface area contributed by atoms with Crippen LogP contribution in [0.25, 0.3) is 0 Å². The lowest BCUT2D eigenvalue weighted by molar-refractivity contribution is -0.126. The average Bonchev–Trinajstić information content (AvgIpc) is 2.82. The number of nitrogens with one attached hydrogen (secondary N) is 1. The highest BCUT2D eigenvalue weighted by Crippen LogP contribution is 2.42. The van der Waals surface area contributed by atoms with Crippen LogP contribution in [0.15, 0.2) is 34.5 Å². The molecule has 0 saturated carbocycles. The maximum atomic E-state index is 12.9. The number of halogens is 2. The maximum absolute atomic E-state index is 12.9. The van der Waals surface area contributed by atoms with E-state index in [1.807, 2.05) is 13.8 Å². The Kier molecular flexibility index (Phi) is 11.1. The number of nitrogens with zero attached hydrogens (tertiary/aromatic N) is 2. The van der Waals surface area contributed by atoms with Gasteiger partial charge in [0.05, 0.1) is 32.1 Å². The quantitative estimate of drug-likeness (QED) is 0.244. The minimum Gasteiger partial charge on any atom is -0.490 e.